The quantitative estimate of drug-likeness (QED) is 0.553. The molecule has 0 saturated heterocycles. The van der Waals surface area contributed by atoms with Crippen molar-refractivity contribution in [2.24, 2.45) is 11.3 Å². The first-order chi connectivity index (χ1) is 12.5. The maximum atomic E-state index is 13.2. The Kier molecular flexibility index (Phi) is 6.07. The summed E-state index contributed by atoms with van der Waals surface area (Å²) >= 11 is 0. The number of rotatable bonds is 6. The predicted molar refractivity (Wildman–Crippen MR) is 96.8 cm³/mol. The van der Waals surface area contributed by atoms with Crippen molar-refractivity contribution in [3.8, 4) is 0 Å². The third kappa shape index (κ3) is 3.63. The van der Waals surface area contributed by atoms with Crippen molar-refractivity contribution < 1.29 is 33.7 Å². The molecule has 0 aromatic heterocycles. The molecule has 1 N–H and O–H groups in total. The summed E-state index contributed by atoms with van der Waals surface area (Å²) in [6.45, 7) is 8.99. The maximum Gasteiger partial charge on any atom is 0.339 e. The summed E-state index contributed by atoms with van der Waals surface area (Å²) in [6.07, 6.45) is 0.498. The molecule has 0 spiro atoms. The average Bonchev–Trinajstić information content (AvgIpc) is 2.87. The minimum absolute atomic E-state index is 0.163. The lowest BCUT2D eigenvalue weighted by molar-refractivity contribution is -0.207. The van der Waals surface area contributed by atoms with Gasteiger partial charge in [0.25, 0.3) is 0 Å². The van der Waals surface area contributed by atoms with Crippen LogP contribution in [0.2, 0.25) is 0 Å². The van der Waals surface area contributed by atoms with Crippen molar-refractivity contribution in [3.05, 3.63) is 0 Å². The summed E-state index contributed by atoms with van der Waals surface area (Å²) in [6, 6.07) is 0. The predicted octanol–water partition coefficient (Wildman–Crippen LogP) is 2.18. The van der Waals surface area contributed by atoms with Gasteiger partial charge in [-0.25, -0.2) is 4.79 Å². The van der Waals surface area contributed by atoms with Crippen LogP contribution in [0.15, 0.2) is 0 Å². The number of methoxy groups -OCH3 is 1. The van der Waals surface area contributed by atoms with E-state index in [-0.39, 0.29) is 25.4 Å². The van der Waals surface area contributed by atoms with E-state index in [1.54, 1.807) is 20.8 Å². The number of fused-ring (bicyclic) bond motifs is 2. The standard InChI is InChI=1S/C20H32O7/c1-7-12(8-2)26-14-11-20(24,17(23)27-18(3,4)5)13-9-10-19(14,15(13)21)16(22)25-6/h12-14,24H,7-11H2,1-6H3/t13-,14+,19+,20+/m1/s1. The zero-order valence-corrected chi connectivity index (χ0v) is 17.2. The first-order valence-electron chi connectivity index (χ1n) is 9.70. The van der Waals surface area contributed by atoms with Gasteiger partial charge in [-0.1, -0.05) is 13.8 Å². The fourth-order valence-electron chi connectivity index (χ4n) is 4.30. The third-order valence-corrected chi connectivity index (χ3v) is 5.78. The highest BCUT2D eigenvalue weighted by Gasteiger charge is 2.71. The Hall–Kier alpha value is -1.47. The SMILES string of the molecule is CCC(CC)O[C@H]1C[C@@](O)(C(=O)OC(C)(C)C)[C@@H]2CC[C@@]1(C(=O)OC)C2=O. The first-order valence-corrected chi connectivity index (χ1v) is 9.70. The van der Waals surface area contributed by atoms with Gasteiger partial charge in [0.2, 0.25) is 0 Å². The lowest BCUT2D eigenvalue weighted by atomic mass is 9.65. The van der Waals surface area contributed by atoms with Gasteiger partial charge in [-0.2, -0.15) is 0 Å². The molecule has 0 radical (unpaired) electrons. The van der Waals surface area contributed by atoms with Gasteiger partial charge in [0.15, 0.2) is 16.8 Å². The number of carbonyl (C=O) groups is 3. The van der Waals surface area contributed by atoms with Crippen LogP contribution in [0, 0.1) is 11.3 Å². The number of ether oxygens (including phenoxy) is 3. The zero-order chi connectivity index (χ0) is 20.6. The number of hydrogen-bond donors (Lipinski definition) is 1. The smallest absolute Gasteiger partial charge is 0.339 e. The van der Waals surface area contributed by atoms with Gasteiger partial charge in [0.05, 0.1) is 25.2 Å². The number of hydrogen-bond acceptors (Lipinski definition) is 7. The number of aliphatic hydroxyl groups is 1. The van der Waals surface area contributed by atoms with Crippen LogP contribution in [0.5, 0.6) is 0 Å². The molecule has 2 bridgehead atoms. The second kappa shape index (κ2) is 7.51. The van der Waals surface area contributed by atoms with Crippen molar-refractivity contribution in [3.63, 3.8) is 0 Å². The normalized spacial score (nSPS) is 33.3. The lowest BCUT2D eigenvalue weighted by Crippen LogP contribution is -2.63. The molecule has 0 aromatic carbocycles. The number of Topliss-reactive ketones (excluding diaryl/α,β-unsaturated/α-hetero) is 1. The number of esters is 2. The van der Waals surface area contributed by atoms with Gasteiger partial charge in [-0.05, 0) is 46.5 Å². The topological polar surface area (TPSA) is 99.1 Å². The van der Waals surface area contributed by atoms with E-state index in [1.807, 2.05) is 13.8 Å². The molecule has 0 amide bonds. The summed E-state index contributed by atoms with van der Waals surface area (Å²) in [5, 5.41) is 11.2. The van der Waals surface area contributed by atoms with Crippen LogP contribution in [0.4, 0.5) is 0 Å². The molecule has 0 unspecified atom stereocenters. The summed E-state index contributed by atoms with van der Waals surface area (Å²) in [5.74, 6) is -2.97. The largest absolute Gasteiger partial charge is 0.468 e. The average molecular weight is 384 g/mol. The summed E-state index contributed by atoms with van der Waals surface area (Å²) in [4.78, 5) is 38.6. The molecule has 154 valence electrons. The summed E-state index contributed by atoms with van der Waals surface area (Å²) in [5.41, 5.74) is -4.28. The van der Waals surface area contributed by atoms with E-state index in [1.165, 1.54) is 7.11 Å². The fraction of sp³-hybridized carbons (Fsp3) is 0.850. The fourth-order valence-corrected chi connectivity index (χ4v) is 4.30. The summed E-state index contributed by atoms with van der Waals surface area (Å²) in [7, 11) is 1.24. The molecule has 2 aliphatic rings. The molecule has 7 nitrogen and oxygen atoms in total. The van der Waals surface area contributed by atoms with Gasteiger partial charge in [-0.15, -0.1) is 0 Å². The third-order valence-electron chi connectivity index (χ3n) is 5.78. The van der Waals surface area contributed by atoms with E-state index in [0.29, 0.717) is 12.8 Å². The second-order valence-corrected chi connectivity index (χ2v) is 8.61. The van der Waals surface area contributed by atoms with E-state index < -0.39 is 46.4 Å². The van der Waals surface area contributed by atoms with E-state index in [0.717, 1.165) is 0 Å². The van der Waals surface area contributed by atoms with Crippen LogP contribution in [0.25, 0.3) is 0 Å². The van der Waals surface area contributed by atoms with Gasteiger partial charge in [0, 0.05) is 6.42 Å². The molecule has 2 aliphatic carbocycles. The molecule has 0 heterocycles. The highest BCUT2D eigenvalue weighted by atomic mass is 16.6. The molecule has 7 heteroatoms. The van der Waals surface area contributed by atoms with E-state index in [4.69, 9.17) is 14.2 Å². The Morgan fingerprint density at radius 2 is 1.81 bits per heavy atom. The van der Waals surface area contributed by atoms with Crippen molar-refractivity contribution in [1.29, 1.82) is 0 Å². The molecule has 27 heavy (non-hydrogen) atoms. The minimum atomic E-state index is -2.00. The molecule has 0 aromatic rings. The molecule has 2 fully saturated rings. The van der Waals surface area contributed by atoms with Crippen LogP contribution >= 0.6 is 0 Å². The minimum Gasteiger partial charge on any atom is -0.468 e. The molecule has 4 atom stereocenters. The van der Waals surface area contributed by atoms with Gasteiger partial charge in [0.1, 0.15) is 5.60 Å². The Bertz CT molecular complexity index is 604. The van der Waals surface area contributed by atoms with Crippen LogP contribution < -0.4 is 0 Å². The number of carbonyl (C=O) groups excluding carboxylic acids is 3. The number of ketones is 1. The molecule has 2 rings (SSSR count). The van der Waals surface area contributed by atoms with Gasteiger partial charge in [-0.3, -0.25) is 9.59 Å². The molecular weight excluding hydrogens is 352 g/mol. The zero-order valence-electron chi connectivity index (χ0n) is 17.2. The van der Waals surface area contributed by atoms with Crippen molar-refractivity contribution in [2.75, 3.05) is 7.11 Å². The Labute approximate surface area is 160 Å². The van der Waals surface area contributed by atoms with Crippen LogP contribution in [-0.4, -0.2) is 53.3 Å². The molecule has 0 aliphatic heterocycles. The molecule has 2 saturated carbocycles. The Balaban J connectivity index is 2.46. The Morgan fingerprint density at radius 3 is 2.30 bits per heavy atom. The van der Waals surface area contributed by atoms with Crippen molar-refractivity contribution in [1.82, 2.24) is 0 Å². The van der Waals surface area contributed by atoms with E-state index in [9.17, 15) is 19.5 Å². The maximum absolute atomic E-state index is 13.2. The van der Waals surface area contributed by atoms with Gasteiger partial charge < -0.3 is 19.3 Å². The van der Waals surface area contributed by atoms with Gasteiger partial charge >= 0.3 is 11.9 Å². The van der Waals surface area contributed by atoms with Crippen molar-refractivity contribution >= 4 is 17.7 Å². The monoisotopic (exact) mass is 384 g/mol. The van der Waals surface area contributed by atoms with E-state index >= 15 is 0 Å². The van der Waals surface area contributed by atoms with Crippen LogP contribution in [0.3, 0.4) is 0 Å². The molecular formula is C20H32O7. The Morgan fingerprint density at radius 1 is 1.22 bits per heavy atom. The van der Waals surface area contributed by atoms with Crippen LogP contribution in [0.1, 0.15) is 66.7 Å². The first kappa shape index (κ1) is 21.8. The summed E-state index contributed by atoms with van der Waals surface area (Å²) < 4.78 is 16.4. The van der Waals surface area contributed by atoms with Crippen molar-refractivity contribution in [2.45, 2.75) is 90.1 Å². The lowest BCUT2D eigenvalue weighted by Gasteiger charge is -2.45. The highest BCUT2D eigenvalue weighted by Crippen LogP contribution is 2.55. The second-order valence-electron chi connectivity index (χ2n) is 8.61. The van der Waals surface area contributed by atoms with E-state index in [2.05, 4.69) is 0 Å². The van der Waals surface area contributed by atoms with Crippen LogP contribution in [-0.2, 0) is 28.6 Å². The highest BCUT2D eigenvalue weighted by molar-refractivity contribution is 6.10.